The minimum absolute atomic E-state index is 0.000280. The summed E-state index contributed by atoms with van der Waals surface area (Å²) in [6, 6.07) is 10.4. The van der Waals surface area contributed by atoms with Crippen LogP contribution < -0.4 is 14.2 Å². The number of hydrogen-bond acceptors (Lipinski definition) is 6. The van der Waals surface area contributed by atoms with E-state index in [0.717, 1.165) is 0 Å². The first kappa shape index (κ1) is 20.5. The number of sulfonamides is 1. The van der Waals surface area contributed by atoms with E-state index < -0.39 is 21.3 Å². The van der Waals surface area contributed by atoms with Gasteiger partial charge in [0, 0.05) is 19.2 Å². The molecular formula is C19H23FN2O5S. The van der Waals surface area contributed by atoms with E-state index >= 15 is 0 Å². The summed E-state index contributed by atoms with van der Waals surface area (Å²) in [5.41, 5.74) is 1.31. The Bertz CT molecular complexity index is 920. The number of halogens is 1. The van der Waals surface area contributed by atoms with Gasteiger partial charge in [0.05, 0.1) is 26.9 Å². The lowest BCUT2D eigenvalue weighted by atomic mass is 10.0. The number of rotatable bonds is 7. The zero-order chi connectivity index (χ0) is 20.3. The highest BCUT2D eigenvalue weighted by molar-refractivity contribution is 7.90. The maximum atomic E-state index is 13.0. The highest BCUT2D eigenvalue weighted by Gasteiger charge is 2.44. The summed E-state index contributed by atoms with van der Waals surface area (Å²) in [5, 5.41) is 0.651. The van der Waals surface area contributed by atoms with Crippen LogP contribution in [0.2, 0.25) is 0 Å². The highest BCUT2D eigenvalue weighted by atomic mass is 32.2. The highest BCUT2D eigenvalue weighted by Crippen LogP contribution is 2.42. The smallest absolute Gasteiger partial charge is 0.219 e. The first-order valence-electron chi connectivity index (χ1n) is 8.67. The fourth-order valence-electron chi connectivity index (χ4n) is 3.29. The number of nitrogens with zero attached hydrogens (tertiary/aromatic N) is 1. The Hall–Kier alpha value is -2.20. The van der Waals surface area contributed by atoms with E-state index in [1.165, 1.54) is 43.5 Å². The maximum Gasteiger partial charge on any atom is 0.219 e. The molecule has 0 unspecified atom stereocenters. The van der Waals surface area contributed by atoms with Gasteiger partial charge in [0.25, 0.3) is 0 Å². The van der Waals surface area contributed by atoms with Crippen LogP contribution in [0.15, 0.2) is 42.5 Å². The van der Waals surface area contributed by atoms with E-state index in [9.17, 15) is 12.8 Å². The van der Waals surface area contributed by atoms with Crippen molar-refractivity contribution in [2.45, 2.75) is 17.8 Å². The van der Waals surface area contributed by atoms with Crippen LogP contribution in [0.3, 0.4) is 0 Å². The van der Waals surface area contributed by atoms with Crippen LogP contribution in [-0.2, 0) is 21.4 Å². The second-order valence-corrected chi connectivity index (χ2v) is 8.38. The number of methoxy groups -OCH3 is 2. The topological polar surface area (TPSA) is 77.1 Å². The summed E-state index contributed by atoms with van der Waals surface area (Å²) in [6.45, 7) is 0.0606. The first-order chi connectivity index (χ1) is 13.4. The summed E-state index contributed by atoms with van der Waals surface area (Å²) >= 11 is 0. The van der Waals surface area contributed by atoms with Crippen molar-refractivity contribution in [2.75, 3.05) is 27.9 Å². The van der Waals surface area contributed by atoms with Gasteiger partial charge in [0.15, 0.2) is 11.5 Å². The lowest BCUT2D eigenvalue weighted by Crippen LogP contribution is -2.39. The van der Waals surface area contributed by atoms with Crippen molar-refractivity contribution in [3.8, 4) is 11.5 Å². The standard InChI is InChI=1S/C19H23FN2O5S/c1-22-18(15-5-4-6-16(25-2)19(15)26-3)17(12-27-22)28(23,24)21-11-13-7-9-14(20)10-8-13/h4-10,17-18,21H,11-12H2,1-3H3/t17-,18+/m1/s1. The van der Waals surface area contributed by atoms with Gasteiger partial charge in [0.1, 0.15) is 11.1 Å². The van der Waals surface area contributed by atoms with Crippen molar-refractivity contribution in [3.63, 3.8) is 0 Å². The fraction of sp³-hybridized carbons (Fsp3) is 0.368. The lowest BCUT2D eigenvalue weighted by molar-refractivity contribution is -0.110. The van der Waals surface area contributed by atoms with Gasteiger partial charge in [-0.25, -0.2) is 17.5 Å². The molecule has 2 atom stereocenters. The van der Waals surface area contributed by atoms with Crippen LogP contribution in [0.1, 0.15) is 17.2 Å². The Kier molecular flexibility index (Phi) is 6.19. The normalized spacial score (nSPS) is 20.3. The van der Waals surface area contributed by atoms with Gasteiger partial charge in [-0.1, -0.05) is 24.3 Å². The molecule has 1 N–H and O–H groups in total. The summed E-state index contributed by atoms with van der Waals surface area (Å²) in [4.78, 5) is 5.53. The third-order valence-corrected chi connectivity index (χ3v) is 6.47. The van der Waals surface area contributed by atoms with Crippen LogP contribution in [0.4, 0.5) is 4.39 Å². The van der Waals surface area contributed by atoms with Crippen molar-refractivity contribution < 1.29 is 27.1 Å². The summed E-state index contributed by atoms with van der Waals surface area (Å²) < 4.78 is 52.4. The molecule has 2 aromatic rings. The molecule has 1 aliphatic rings. The van der Waals surface area contributed by atoms with E-state index in [0.29, 0.717) is 22.6 Å². The SMILES string of the molecule is COc1cccc([C@H]2[C@H](S(=O)(=O)NCc3ccc(F)cc3)CON2C)c1OC. The third-order valence-electron chi connectivity index (χ3n) is 4.73. The van der Waals surface area contributed by atoms with Gasteiger partial charge < -0.3 is 9.47 Å². The Morgan fingerprint density at radius 1 is 1.18 bits per heavy atom. The van der Waals surface area contributed by atoms with Crippen LogP contribution in [0, 0.1) is 5.82 Å². The number of nitrogens with one attached hydrogen (secondary N) is 1. The molecule has 9 heteroatoms. The van der Waals surface area contributed by atoms with Gasteiger partial charge >= 0.3 is 0 Å². The predicted octanol–water partition coefficient (Wildman–Crippen LogP) is 2.25. The van der Waals surface area contributed by atoms with E-state index in [1.54, 1.807) is 25.2 Å². The minimum Gasteiger partial charge on any atom is -0.493 e. The molecule has 2 aromatic carbocycles. The molecule has 0 spiro atoms. The molecule has 0 bridgehead atoms. The summed E-state index contributed by atoms with van der Waals surface area (Å²) in [6.07, 6.45) is 0. The van der Waals surface area contributed by atoms with Crippen LogP contribution in [-0.4, -0.2) is 46.6 Å². The third kappa shape index (κ3) is 4.12. The molecule has 0 aromatic heterocycles. The molecule has 0 amide bonds. The Morgan fingerprint density at radius 2 is 1.89 bits per heavy atom. The Labute approximate surface area is 164 Å². The molecule has 1 fully saturated rings. The minimum atomic E-state index is -3.75. The quantitative estimate of drug-likeness (QED) is 0.755. The van der Waals surface area contributed by atoms with Crippen LogP contribution in [0.25, 0.3) is 0 Å². The van der Waals surface area contributed by atoms with E-state index in [-0.39, 0.29) is 19.0 Å². The van der Waals surface area contributed by atoms with Gasteiger partial charge in [-0.2, -0.15) is 5.06 Å². The molecule has 28 heavy (non-hydrogen) atoms. The average molecular weight is 410 g/mol. The first-order valence-corrected chi connectivity index (χ1v) is 10.2. The van der Waals surface area contributed by atoms with Gasteiger partial charge in [-0.3, -0.25) is 4.84 Å². The average Bonchev–Trinajstić information content (AvgIpc) is 3.09. The van der Waals surface area contributed by atoms with Gasteiger partial charge in [-0.05, 0) is 23.8 Å². The predicted molar refractivity (Wildman–Crippen MR) is 102 cm³/mol. The lowest BCUT2D eigenvalue weighted by Gasteiger charge is -2.25. The van der Waals surface area contributed by atoms with Gasteiger partial charge in [0.2, 0.25) is 10.0 Å². The molecular weight excluding hydrogens is 387 g/mol. The van der Waals surface area contributed by atoms with Crippen molar-refractivity contribution >= 4 is 10.0 Å². The molecule has 1 heterocycles. The molecule has 0 radical (unpaired) electrons. The molecule has 1 aliphatic heterocycles. The molecule has 1 saturated heterocycles. The number of para-hydroxylation sites is 1. The summed E-state index contributed by atoms with van der Waals surface area (Å²) in [5.74, 6) is 0.601. The zero-order valence-electron chi connectivity index (χ0n) is 15.9. The number of ether oxygens (including phenoxy) is 2. The second-order valence-electron chi connectivity index (χ2n) is 6.40. The fourth-order valence-corrected chi connectivity index (χ4v) is 4.77. The Balaban J connectivity index is 1.87. The van der Waals surface area contributed by atoms with Crippen molar-refractivity contribution in [3.05, 3.63) is 59.4 Å². The van der Waals surface area contributed by atoms with E-state index in [2.05, 4.69) is 4.72 Å². The molecule has 3 rings (SSSR count). The Morgan fingerprint density at radius 3 is 2.54 bits per heavy atom. The van der Waals surface area contributed by atoms with Crippen molar-refractivity contribution in [1.82, 2.24) is 9.79 Å². The van der Waals surface area contributed by atoms with Crippen LogP contribution in [0.5, 0.6) is 11.5 Å². The monoisotopic (exact) mass is 410 g/mol. The van der Waals surface area contributed by atoms with E-state index in [4.69, 9.17) is 14.3 Å². The van der Waals surface area contributed by atoms with Crippen molar-refractivity contribution in [1.29, 1.82) is 0 Å². The maximum absolute atomic E-state index is 13.0. The number of hydroxylamine groups is 2. The molecule has 0 aliphatic carbocycles. The van der Waals surface area contributed by atoms with Crippen molar-refractivity contribution in [2.24, 2.45) is 0 Å². The van der Waals surface area contributed by atoms with E-state index in [1.807, 2.05) is 0 Å². The molecule has 7 nitrogen and oxygen atoms in total. The molecule has 0 saturated carbocycles. The van der Waals surface area contributed by atoms with Gasteiger partial charge in [-0.15, -0.1) is 0 Å². The number of hydrogen-bond donors (Lipinski definition) is 1. The zero-order valence-corrected chi connectivity index (χ0v) is 16.7. The number of benzene rings is 2. The van der Waals surface area contributed by atoms with Crippen LogP contribution >= 0.6 is 0 Å². The largest absolute Gasteiger partial charge is 0.493 e. The second kappa shape index (κ2) is 8.44. The molecule has 152 valence electrons. The summed E-state index contributed by atoms with van der Waals surface area (Å²) in [7, 11) is 0.960.